The van der Waals surface area contributed by atoms with Gasteiger partial charge in [-0.2, -0.15) is 11.8 Å². The minimum Gasteiger partial charge on any atom is -0.389 e. The van der Waals surface area contributed by atoms with Gasteiger partial charge in [0.1, 0.15) is 5.82 Å². The molecule has 1 aliphatic rings. The molecule has 0 saturated carbocycles. The van der Waals surface area contributed by atoms with Gasteiger partial charge in [-0.1, -0.05) is 13.8 Å². The maximum absolute atomic E-state index is 9.60. The van der Waals surface area contributed by atoms with Crippen LogP contribution < -0.4 is 4.90 Å². The zero-order valence-electron chi connectivity index (χ0n) is 10.6. The van der Waals surface area contributed by atoms with E-state index >= 15 is 0 Å². The summed E-state index contributed by atoms with van der Waals surface area (Å²) in [5.74, 6) is 0.988. The standard InChI is InChI=1S/C13H20N2OS/c1-9-7-15(8-10(2)17-9)13-6-12(11(3)16)4-5-14-13/h4-6,9-11,16H,7-8H2,1-3H3/t9?,10?,11-/m1/s1. The molecule has 0 aromatic carbocycles. The number of anilines is 1. The third-order valence-electron chi connectivity index (χ3n) is 3.00. The molecule has 0 spiro atoms. The van der Waals surface area contributed by atoms with E-state index < -0.39 is 6.10 Å². The Kier molecular flexibility index (Phi) is 3.94. The molecule has 1 fully saturated rings. The van der Waals surface area contributed by atoms with Gasteiger partial charge in [0.2, 0.25) is 0 Å². The fourth-order valence-corrected chi connectivity index (χ4v) is 3.56. The summed E-state index contributed by atoms with van der Waals surface area (Å²) in [5.41, 5.74) is 0.938. The van der Waals surface area contributed by atoms with Crippen LogP contribution in [0.3, 0.4) is 0 Å². The third kappa shape index (κ3) is 3.13. The molecule has 1 aromatic rings. The molecule has 3 atom stereocenters. The van der Waals surface area contributed by atoms with Gasteiger partial charge in [0.05, 0.1) is 6.10 Å². The summed E-state index contributed by atoms with van der Waals surface area (Å²) >= 11 is 2.03. The first-order chi connectivity index (χ1) is 8.06. The van der Waals surface area contributed by atoms with Crippen molar-refractivity contribution in [1.82, 2.24) is 4.98 Å². The number of rotatable bonds is 2. The van der Waals surface area contributed by atoms with Crippen molar-refractivity contribution in [2.75, 3.05) is 18.0 Å². The molecule has 17 heavy (non-hydrogen) atoms. The molecule has 3 nitrogen and oxygen atoms in total. The zero-order chi connectivity index (χ0) is 12.4. The van der Waals surface area contributed by atoms with E-state index in [1.165, 1.54) is 0 Å². The fraction of sp³-hybridized carbons (Fsp3) is 0.615. The van der Waals surface area contributed by atoms with Crippen molar-refractivity contribution in [3.05, 3.63) is 23.9 Å². The Hall–Kier alpha value is -0.740. The van der Waals surface area contributed by atoms with E-state index in [1.54, 1.807) is 13.1 Å². The molecule has 1 N–H and O–H groups in total. The quantitative estimate of drug-likeness (QED) is 0.877. The highest BCUT2D eigenvalue weighted by atomic mass is 32.2. The van der Waals surface area contributed by atoms with Crippen LogP contribution in [0.4, 0.5) is 5.82 Å². The first-order valence-corrected chi connectivity index (χ1v) is 7.05. The van der Waals surface area contributed by atoms with Crippen molar-refractivity contribution in [1.29, 1.82) is 0 Å². The maximum atomic E-state index is 9.60. The molecule has 94 valence electrons. The Morgan fingerprint density at radius 2 is 2.06 bits per heavy atom. The van der Waals surface area contributed by atoms with E-state index in [0.29, 0.717) is 10.5 Å². The molecule has 1 saturated heterocycles. The number of aromatic nitrogens is 1. The summed E-state index contributed by atoms with van der Waals surface area (Å²) in [5, 5.41) is 10.9. The lowest BCUT2D eigenvalue weighted by Crippen LogP contribution is -2.40. The first-order valence-electron chi connectivity index (χ1n) is 6.10. The van der Waals surface area contributed by atoms with Crippen LogP contribution >= 0.6 is 11.8 Å². The second-order valence-corrected chi connectivity index (χ2v) is 6.67. The van der Waals surface area contributed by atoms with Gasteiger partial charge >= 0.3 is 0 Å². The Morgan fingerprint density at radius 1 is 1.41 bits per heavy atom. The van der Waals surface area contributed by atoms with Gasteiger partial charge in [-0.15, -0.1) is 0 Å². The second kappa shape index (κ2) is 5.27. The summed E-state index contributed by atoms with van der Waals surface area (Å²) in [7, 11) is 0. The number of pyridine rings is 1. The van der Waals surface area contributed by atoms with Crippen molar-refractivity contribution >= 4 is 17.6 Å². The molecule has 2 heterocycles. The SMILES string of the molecule is CC1CN(c2cc([C@@H](C)O)ccn2)CC(C)S1. The Labute approximate surface area is 107 Å². The van der Waals surface area contributed by atoms with Crippen molar-refractivity contribution in [3.8, 4) is 0 Å². The number of hydrogen-bond acceptors (Lipinski definition) is 4. The van der Waals surface area contributed by atoms with Gasteiger partial charge in [-0.3, -0.25) is 0 Å². The van der Waals surface area contributed by atoms with Crippen molar-refractivity contribution in [2.45, 2.75) is 37.4 Å². The molecule has 4 heteroatoms. The lowest BCUT2D eigenvalue weighted by molar-refractivity contribution is 0.199. The average Bonchev–Trinajstić information content (AvgIpc) is 2.28. The zero-order valence-corrected chi connectivity index (χ0v) is 11.4. The summed E-state index contributed by atoms with van der Waals surface area (Å²) in [6.07, 6.45) is 1.36. The van der Waals surface area contributed by atoms with Gasteiger partial charge in [0.25, 0.3) is 0 Å². The molecular formula is C13H20N2OS. The molecule has 1 aromatic heterocycles. The Balaban J connectivity index is 2.18. The number of thioether (sulfide) groups is 1. The predicted octanol–water partition coefficient (Wildman–Crippen LogP) is 2.47. The summed E-state index contributed by atoms with van der Waals surface area (Å²) in [4.78, 5) is 6.74. The average molecular weight is 252 g/mol. The summed E-state index contributed by atoms with van der Waals surface area (Å²) in [6, 6.07) is 3.87. The molecule has 2 rings (SSSR count). The van der Waals surface area contributed by atoms with Crippen molar-refractivity contribution in [3.63, 3.8) is 0 Å². The number of nitrogens with zero attached hydrogens (tertiary/aromatic N) is 2. The van der Waals surface area contributed by atoms with Crippen LogP contribution in [0.5, 0.6) is 0 Å². The molecule has 0 aliphatic carbocycles. The fourth-order valence-electron chi connectivity index (χ4n) is 2.23. The summed E-state index contributed by atoms with van der Waals surface area (Å²) < 4.78 is 0. The lowest BCUT2D eigenvalue weighted by atomic mass is 10.1. The predicted molar refractivity (Wildman–Crippen MR) is 73.6 cm³/mol. The van der Waals surface area contributed by atoms with Crippen LogP contribution in [0, 0.1) is 0 Å². The summed E-state index contributed by atoms with van der Waals surface area (Å²) in [6.45, 7) is 8.37. The van der Waals surface area contributed by atoms with Crippen LogP contribution in [0.1, 0.15) is 32.4 Å². The monoisotopic (exact) mass is 252 g/mol. The van der Waals surface area contributed by atoms with E-state index in [-0.39, 0.29) is 0 Å². The number of hydrogen-bond donors (Lipinski definition) is 1. The molecule has 0 bridgehead atoms. The van der Waals surface area contributed by atoms with Gasteiger partial charge in [-0.05, 0) is 24.6 Å². The Bertz CT molecular complexity index is 373. The minimum atomic E-state index is -0.425. The van der Waals surface area contributed by atoms with Crippen molar-refractivity contribution in [2.24, 2.45) is 0 Å². The van der Waals surface area contributed by atoms with E-state index in [4.69, 9.17) is 0 Å². The Morgan fingerprint density at radius 3 is 2.65 bits per heavy atom. The number of aliphatic hydroxyl groups excluding tert-OH is 1. The molecule has 2 unspecified atom stereocenters. The van der Waals surface area contributed by atoms with Gasteiger partial charge in [-0.25, -0.2) is 4.98 Å². The highest BCUT2D eigenvalue weighted by Crippen LogP contribution is 2.28. The highest BCUT2D eigenvalue weighted by Gasteiger charge is 2.23. The van der Waals surface area contributed by atoms with Crippen LogP contribution in [0.2, 0.25) is 0 Å². The van der Waals surface area contributed by atoms with Gasteiger partial charge in [0.15, 0.2) is 0 Å². The van der Waals surface area contributed by atoms with Crippen LogP contribution in [0.15, 0.2) is 18.3 Å². The van der Waals surface area contributed by atoms with Crippen LogP contribution in [0.25, 0.3) is 0 Å². The van der Waals surface area contributed by atoms with Crippen LogP contribution in [-0.4, -0.2) is 33.7 Å². The maximum Gasteiger partial charge on any atom is 0.128 e. The van der Waals surface area contributed by atoms with E-state index in [1.807, 2.05) is 23.9 Å². The van der Waals surface area contributed by atoms with E-state index in [9.17, 15) is 5.11 Å². The lowest BCUT2D eigenvalue weighted by Gasteiger charge is -2.35. The minimum absolute atomic E-state index is 0.425. The molecule has 0 radical (unpaired) electrons. The molecular weight excluding hydrogens is 232 g/mol. The smallest absolute Gasteiger partial charge is 0.128 e. The van der Waals surface area contributed by atoms with E-state index in [2.05, 4.69) is 23.7 Å². The molecule has 1 aliphatic heterocycles. The third-order valence-corrected chi connectivity index (χ3v) is 4.22. The van der Waals surface area contributed by atoms with Gasteiger partial charge in [0, 0.05) is 29.8 Å². The van der Waals surface area contributed by atoms with Crippen molar-refractivity contribution < 1.29 is 5.11 Å². The van der Waals surface area contributed by atoms with Gasteiger partial charge < -0.3 is 10.0 Å². The molecule has 0 amide bonds. The normalized spacial score (nSPS) is 26.9. The number of aliphatic hydroxyl groups is 1. The van der Waals surface area contributed by atoms with E-state index in [0.717, 1.165) is 24.5 Å². The topological polar surface area (TPSA) is 36.4 Å². The first kappa shape index (κ1) is 12.7. The van der Waals surface area contributed by atoms with Crippen LogP contribution in [-0.2, 0) is 0 Å². The highest BCUT2D eigenvalue weighted by molar-refractivity contribution is 8.00. The second-order valence-electron chi connectivity index (χ2n) is 4.79. The largest absolute Gasteiger partial charge is 0.389 e.